The van der Waals surface area contributed by atoms with Crippen molar-refractivity contribution in [3.63, 3.8) is 0 Å². The van der Waals surface area contributed by atoms with E-state index in [-0.39, 0.29) is 49.9 Å². The second-order valence-electron chi connectivity index (χ2n) is 9.68. The highest BCUT2D eigenvalue weighted by molar-refractivity contribution is 5.83. The topological polar surface area (TPSA) is 67.3 Å². The summed E-state index contributed by atoms with van der Waals surface area (Å²) in [6.45, 7) is 1.01. The van der Waals surface area contributed by atoms with Crippen molar-refractivity contribution in [2.24, 2.45) is 0 Å². The third kappa shape index (κ3) is 8.17. The number of aliphatic hydroxyl groups is 2. The minimum absolute atomic E-state index is 0.0337. The Morgan fingerprint density at radius 3 is 2.00 bits per heavy atom. The van der Waals surface area contributed by atoms with Crippen LogP contribution in [0.25, 0.3) is 0 Å². The Morgan fingerprint density at radius 1 is 0.949 bits per heavy atom. The number of carbonyl (C=O) groups excluding carboxylic acids is 1. The Kier molecular flexibility index (Phi) is 10.4. The molecule has 0 radical (unpaired) electrons. The summed E-state index contributed by atoms with van der Waals surface area (Å²) in [6.07, 6.45) is -8.78. The fourth-order valence-corrected chi connectivity index (χ4v) is 4.93. The quantitative estimate of drug-likeness (QED) is 0.337. The van der Waals surface area contributed by atoms with Gasteiger partial charge in [0.2, 0.25) is 5.91 Å². The average molecular weight is 562 g/mol. The van der Waals surface area contributed by atoms with E-state index in [9.17, 15) is 41.4 Å². The van der Waals surface area contributed by atoms with Crippen LogP contribution in [0.2, 0.25) is 0 Å². The van der Waals surface area contributed by atoms with Gasteiger partial charge in [0.05, 0.1) is 24.5 Å². The second-order valence-corrected chi connectivity index (χ2v) is 9.68. The SMILES string of the molecule is CN(CCc1cc(C(F)(F)F)cc(C(F)(F)F)c1)C(=O)[C@H](c1ccccc1)N1CCC(N(CO)CCO)CC1. The van der Waals surface area contributed by atoms with Crippen molar-refractivity contribution in [1.82, 2.24) is 14.7 Å². The zero-order valence-electron chi connectivity index (χ0n) is 21.5. The molecule has 216 valence electrons. The average Bonchev–Trinajstić information content (AvgIpc) is 2.90. The Morgan fingerprint density at radius 2 is 1.51 bits per heavy atom. The summed E-state index contributed by atoms with van der Waals surface area (Å²) in [5.41, 5.74) is -2.21. The van der Waals surface area contributed by atoms with E-state index in [0.717, 1.165) is 5.56 Å². The van der Waals surface area contributed by atoms with E-state index in [1.807, 2.05) is 4.90 Å². The Bertz CT molecular complexity index is 1040. The number of alkyl halides is 6. The van der Waals surface area contributed by atoms with E-state index in [0.29, 0.717) is 44.6 Å². The maximum atomic E-state index is 13.6. The molecular weight excluding hydrogens is 528 g/mol. The highest BCUT2D eigenvalue weighted by atomic mass is 19.4. The zero-order valence-corrected chi connectivity index (χ0v) is 21.5. The van der Waals surface area contributed by atoms with Crippen LogP contribution in [-0.4, -0.2) is 83.4 Å². The van der Waals surface area contributed by atoms with E-state index < -0.39 is 29.5 Å². The Hall–Kier alpha value is -2.67. The molecule has 0 spiro atoms. The number of halogens is 6. The molecule has 0 bridgehead atoms. The first-order valence-corrected chi connectivity index (χ1v) is 12.6. The first-order valence-electron chi connectivity index (χ1n) is 12.6. The molecule has 2 aromatic rings. The standard InChI is InChI=1S/C27H33F6N3O3/c1-34(10-7-19-15-21(26(28,29)30)17-22(16-19)27(31,32)33)25(39)24(20-5-3-2-4-6-20)35-11-8-23(9-12-35)36(18-38)13-14-37/h2-6,15-17,23-24,37-38H,7-14,18H2,1H3/t24-/m0/s1. The van der Waals surface area contributed by atoms with Crippen molar-refractivity contribution in [1.29, 1.82) is 0 Å². The molecule has 39 heavy (non-hydrogen) atoms. The maximum absolute atomic E-state index is 13.6. The van der Waals surface area contributed by atoms with Crippen LogP contribution in [0, 0.1) is 0 Å². The minimum Gasteiger partial charge on any atom is -0.395 e. The normalized spacial score (nSPS) is 16.5. The van der Waals surface area contributed by atoms with Crippen molar-refractivity contribution in [2.75, 3.05) is 46.6 Å². The number of aliphatic hydroxyl groups excluding tert-OH is 2. The van der Waals surface area contributed by atoms with Gasteiger partial charge in [-0.25, -0.2) is 0 Å². The molecule has 1 aliphatic rings. The summed E-state index contributed by atoms with van der Waals surface area (Å²) in [4.78, 5) is 18.7. The third-order valence-electron chi connectivity index (χ3n) is 7.06. The Labute approximate surface area is 223 Å². The summed E-state index contributed by atoms with van der Waals surface area (Å²) in [6, 6.07) is 9.80. The third-order valence-corrected chi connectivity index (χ3v) is 7.06. The minimum atomic E-state index is -4.94. The molecule has 12 heteroatoms. The molecule has 3 rings (SSSR count). The molecule has 1 saturated heterocycles. The monoisotopic (exact) mass is 561 g/mol. The summed E-state index contributed by atoms with van der Waals surface area (Å²) < 4.78 is 79.4. The van der Waals surface area contributed by atoms with E-state index in [1.54, 1.807) is 35.2 Å². The van der Waals surface area contributed by atoms with Crippen LogP contribution >= 0.6 is 0 Å². The number of likely N-dealkylation sites (N-methyl/N-ethyl adjacent to an activating group) is 1. The van der Waals surface area contributed by atoms with Crippen molar-refractivity contribution in [3.8, 4) is 0 Å². The van der Waals surface area contributed by atoms with Gasteiger partial charge in [0.15, 0.2) is 0 Å². The number of rotatable bonds is 10. The fourth-order valence-electron chi connectivity index (χ4n) is 4.93. The van der Waals surface area contributed by atoms with Gasteiger partial charge in [-0.3, -0.25) is 14.6 Å². The van der Waals surface area contributed by atoms with Crippen LogP contribution in [0.3, 0.4) is 0 Å². The first kappa shape index (κ1) is 30.9. The van der Waals surface area contributed by atoms with Crippen LogP contribution in [0.4, 0.5) is 26.3 Å². The number of nitrogens with zero attached hydrogens (tertiary/aromatic N) is 3. The molecular formula is C27H33F6N3O3. The van der Waals surface area contributed by atoms with Gasteiger partial charge >= 0.3 is 12.4 Å². The predicted octanol–water partition coefficient (Wildman–Crippen LogP) is 4.17. The number of carbonyl (C=O) groups is 1. The van der Waals surface area contributed by atoms with Gasteiger partial charge in [0, 0.05) is 39.3 Å². The predicted molar refractivity (Wildman–Crippen MR) is 132 cm³/mol. The van der Waals surface area contributed by atoms with E-state index in [2.05, 4.69) is 0 Å². The van der Waals surface area contributed by atoms with Crippen molar-refractivity contribution < 1.29 is 41.4 Å². The smallest absolute Gasteiger partial charge is 0.395 e. The summed E-state index contributed by atoms with van der Waals surface area (Å²) >= 11 is 0. The summed E-state index contributed by atoms with van der Waals surface area (Å²) in [7, 11) is 1.48. The van der Waals surface area contributed by atoms with Gasteiger partial charge in [0.1, 0.15) is 6.04 Å². The lowest BCUT2D eigenvalue weighted by Crippen LogP contribution is -2.50. The molecule has 2 aromatic carbocycles. The van der Waals surface area contributed by atoms with Gasteiger partial charge in [-0.1, -0.05) is 30.3 Å². The molecule has 1 heterocycles. The second kappa shape index (κ2) is 13.1. The van der Waals surface area contributed by atoms with E-state index >= 15 is 0 Å². The lowest BCUT2D eigenvalue weighted by molar-refractivity contribution is -0.143. The van der Waals surface area contributed by atoms with Gasteiger partial charge < -0.3 is 15.1 Å². The van der Waals surface area contributed by atoms with Crippen LogP contribution in [0.1, 0.15) is 41.1 Å². The van der Waals surface area contributed by atoms with Gasteiger partial charge in [-0.2, -0.15) is 26.3 Å². The number of likely N-dealkylation sites (tertiary alicyclic amines) is 1. The number of hydrogen-bond donors (Lipinski definition) is 2. The molecule has 1 amide bonds. The highest BCUT2D eigenvalue weighted by Gasteiger charge is 2.37. The molecule has 2 N–H and O–H groups in total. The zero-order chi connectivity index (χ0) is 28.8. The Balaban J connectivity index is 1.77. The van der Waals surface area contributed by atoms with Crippen LogP contribution < -0.4 is 0 Å². The summed E-state index contributed by atoms with van der Waals surface area (Å²) in [5, 5.41) is 18.9. The van der Waals surface area contributed by atoms with Gasteiger partial charge in [-0.05, 0) is 48.6 Å². The van der Waals surface area contributed by atoms with E-state index in [1.165, 1.54) is 11.9 Å². The van der Waals surface area contributed by atoms with Crippen LogP contribution in [0.15, 0.2) is 48.5 Å². The van der Waals surface area contributed by atoms with Crippen molar-refractivity contribution >= 4 is 5.91 Å². The molecule has 1 atom stereocenters. The van der Waals surface area contributed by atoms with Crippen molar-refractivity contribution in [2.45, 2.75) is 43.7 Å². The lowest BCUT2D eigenvalue weighted by Gasteiger charge is -2.41. The fraction of sp³-hybridized carbons (Fsp3) is 0.519. The lowest BCUT2D eigenvalue weighted by atomic mass is 9.97. The maximum Gasteiger partial charge on any atom is 0.416 e. The number of hydrogen-bond acceptors (Lipinski definition) is 5. The molecule has 0 aromatic heterocycles. The molecule has 0 unspecified atom stereocenters. The largest absolute Gasteiger partial charge is 0.416 e. The van der Waals surface area contributed by atoms with E-state index in [4.69, 9.17) is 0 Å². The van der Waals surface area contributed by atoms with Crippen LogP contribution in [0.5, 0.6) is 0 Å². The van der Waals surface area contributed by atoms with Gasteiger partial charge in [0.25, 0.3) is 0 Å². The molecule has 1 fully saturated rings. The molecule has 0 saturated carbocycles. The number of piperidine rings is 1. The number of benzene rings is 2. The molecule has 1 aliphatic heterocycles. The summed E-state index contributed by atoms with van der Waals surface area (Å²) in [5.74, 6) is -0.322. The number of amides is 1. The van der Waals surface area contributed by atoms with Crippen molar-refractivity contribution in [3.05, 3.63) is 70.8 Å². The molecule has 0 aliphatic carbocycles. The molecule has 6 nitrogen and oxygen atoms in total. The highest BCUT2D eigenvalue weighted by Crippen LogP contribution is 2.36. The van der Waals surface area contributed by atoms with Gasteiger partial charge in [-0.15, -0.1) is 0 Å². The van der Waals surface area contributed by atoms with Crippen LogP contribution in [-0.2, 0) is 23.6 Å². The first-order chi connectivity index (χ1) is 18.3.